The lowest BCUT2D eigenvalue weighted by atomic mass is 9.92. The second-order valence-electron chi connectivity index (χ2n) is 9.01. The number of hydrogen-bond acceptors (Lipinski definition) is 7. The number of methoxy groups -OCH3 is 2. The van der Waals surface area contributed by atoms with E-state index in [1.165, 1.54) is 26.4 Å². The average molecular weight is 582 g/mol. The number of fused-ring (bicyclic) bond motifs is 2. The first kappa shape index (κ1) is 28.1. The van der Waals surface area contributed by atoms with Crippen molar-refractivity contribution >= 4 is 10.9 Å². The number of benzene rings is 3. The first-order valence-electron chi connectivity index (χ1n) is 11.8. The Bertz CT molecular complexity index is 1690. The summed E-state index contributed by atoms with van der Waals surface area (Å²) >= 11 is 0. The molecule has 5 rings (SSSR count). The second-order valence-corrected chi connectivity index (χ2v) is 9.01. The number of rotatable bonds is 6. The third kappa shape index (κ3) is 4.67. The maximum absolute atomic E-state index is 13.8. The van der Waals surface area contributed by atoms with Crippen molar-refractivity contribution in [3.63, 3.8) is 0 Å². The molecule has 0 spiro atoms. The Labute approximate surface area is 227 Å². The van der Waals surface area contributed by atoms with Gasteiger partial charge in [0.2, 0.25) is 6.79 Å². The van der Waals surface area contributed by atoms with Crippen LogP contribution in [0.15, 0.2) is 59.4 Å². The molecule has 0 radical (unpaired) electrons. The summed E-state index contributed by atoms with van der Waals surface area (Å²) in [5.41, 5.74) is -7.24. The summed E-state index contributed by atoms with van der Waals surface area (Å²) in [4.78, 5) is 18.3. The number of nitrogens with zero attached hydrogens (tertiary/aromatic N) is 2. The van der Waals surface area contributed by atoms with E-state index < -0.39 is 29.1 Å². The summed E-state index contributed by atoms with van der Waals surface area (Å²) in [6.07, 6.45) is -12.3. The van der Waals surface area contributed by atoms with Gasteiger partial charge in [-0.05, 0) is 35.9 Å². The molecule has 0 aliphatic carbocycles. The third-order valence-electron chi connectivity index (χ3n) is 6.58. The van der Waals surface area contributed by atoms with Gasteiger partial charge in [-0.15, -0.1) is 0 Å². The van der Waals surface area contributed by atoms with Crippen molar-refractivity contribution in [3.8, 4) is 28.7 Å². The zero-order valence-corrected chi connectivity index (χ0v) is 21.3. The number of ether oxygens (including phenoxy) is 4. The molecule has 14 heteroatoms. The molecule has 1 N–H and O–H groups in total. The van der Waals surface area contributed by atoms with E-state index in [0.29, 0.717) is 29.2 Å². The highest BCUT2D eigenvalue weighted by atomic mass is 19.4. The minimum absolute atomic E-state index is 0.00649. The van der Waals surface area contributed by atoms with Crippen LogP contribution < -0.4 is 24.5 Å². The Hall–Kier alpha value is -4.46. The van der Waals surface area contributed by atoms with Crippen LogP contribution in [0.5, 0.6) is 23.0 Å². The van der Waals surface area contributed by atoms with Crippen LogP contribution in [0.4, 0.5) is 26.3 Å². The molecule has 0 amide bonds. The van der Waals surface area contributed by atoms with Gasteiger partial charge in [0, 0.05) is 18.1 Å². The molecular formula is C27H20F6N2O6. The second kappa shape index (κ2) is 9.87. The van der Waals surface area contributed by atoms with Gasteiger partial charge in [-0.1, -0.05) is 18.2 Å². The SMILES string of the molecule is COc1cc2nc(Cc3ccc4c(c3)OCO4)n(-c3cccc(C(O)(C(F)(F)F)C(F)(F)F)c3)c(=O)c2cc1OC. The molecule has 1 aliphatic heterocycles. The minimum atomic E-state index is -6.12. The van der Waals surface area contributed by atoms with Gasteiger partial charge >= 0.3 is 12.4 Å². The molecule has 0 saturated heterocycles. The topological polar surface area (TPSA) is 92.0 Å². The summed E-state index contributed by atoms with van der Waals surface area (Å²) in [5.74, 6) is 1.23. The number of aromatic nitrogens is 2. The molecule has 2 heterocycles. The molecule has 0 bridgehead atoms. The van der Waals surface area contributed by atoms with E-state index in [2.05, 4.69) is 4.98 Å². The fourth-order valence-corrected chi connectivity index (χ4v) is 4.54. The fraction of sp³-hybridized carbons (Fsp3) is 0.259. The van der Waals surface area contributed by atoms with E-state index in [1.54, 1.807) is 18.2 Å². The monoisotopic (exact) mass is 582 g/mol. The molecule has 8 nitrogen and oxygen atoms in total. The van der Waals surface area contributed by atoms with E-state index in [9.17, 15) is 36.2 Å². The standard InChI is InChI=1S/C27H20F6N2O6/c1-38-20-11-17-18(12-21(20)39-2)34-23(9-14-6-7-19-22(8-14)41-13-40-19)35(24(17)36)16-5-3-4-15(10-16)25(37,26(28,29)30)27(31,32)33/h3-8,10-12,37H,9,13H2,1-2H3. The maximum atomic E-state index is 13.8. The molecule has 1 aromatic heterocycles. The van der Waals surface area contributed by atoms with Gasteiger partial charge in [-0.3, -0.25) is 9.36 Å². The number of aliphatic hydroxyl groups is 1. The Balaban J connectivity index is 1.76. The Kier molecular flexibility index (Phi) is 6.76. The van der Waals surface area contributed by atoms with Crippen LogP contribution in [0.2, 0.25) is 0 Å². The van der Waals surface area contributed by atoms with Crippen molar-refractivity contribution < 1.29 is 50.4 Å². The van der Waals surface area contributed by atoms with Crippen LogP contribution in [0.1, 0.15) is 17.0 Å². The molecule has 216 valence electrons. The average Bonchev–Trinajstić information content (AvgIpc) is 3.39. The van der Waals surface area contributed by atoms with Crippen LogP contribution in [-0.4, -0.2) is 48.0 Å². The van der Waals surface area contributed by atoms with Gasteiger partial charge in [0.05, 0.1) is 30.8 Å². The summed E-state index contributed by atoms with van der Waals surface area (Å²) < 4.78 is 104. The van der Waals surface area contributed by atoms with Crippen molar-refractivity contribution in [3.05, 3.63) is 81.9 Å². The Morgan fingerprint density at radius 1 is 0.902 bits per heavy atom. The van der Waals surface area contributed by atoms with Gasteiger partial charge in [-0.25, -0.2) is 4.98 Å². The van der Waals surface area contributed by atoms with E-state index in [1.807, 2.05) is 0 Å². The van der Waals surface area contributed by atoms with E-state index >= 15 is 0 Å². The van der Waals surface area contributed by atoms with Gasteiger partial charge in [0.25, 0.3) is 11.2 Å². The van der Waals surface area contributed by atoms with Crippen molar-refractivity contribution in [2.45, 2.75) is 24.4 Å². The van der Waals surface area contributed by atoms with Gasteiger partial charge in [0.15, 0.2) is 23.0 Å². The van der Waals surface area contributed by atoms with Crippen LogP contribution in [0.25, 0.3) is 16.6 Å². The van der Waals surface area contributed by atoms with Crippen LogP contribution in [0.3, 0.4) is 0 Å². The molecule has 0 atom stereocenters. The number of alkyl halides is 6. The largest absolute Gasteiger partial charge is 0.493 e. The van der Waals surface area contributed by atoms with Gasteiger partial charge in [0.1, 0.15) is 5.82 Å². The van der Waals surface area contributed by atoms with Crippen LogP contribution in [0, 0.1) is 0 Å². The first-order chi connectivity index (χ1) is 19.3. The first-order valence-corrected chi connectivity index (χ1v) is 11.8. The van der Waals surface area contributed by atoms with Crippen LogP contribution in [-0.2, 0) is 12.0 Å². The zero-order valence-electron chi connectivity index (χ0n) is 21.3. The molecule has 4 aromatic rings. The van der Waals surface area contributed by atoms with E-state index in [0.717, 1.165) is 16.7 Å². The predicted octanol–water partition coefficient (Wildman–Crippen LogP) is 5.03. The fourth-order valence-electron chi connectivity index (χ4n) is 4.54. The highest BCUT2D eigenvalue weighted by Gasteiger charge is 2.71. The van der Waals surface area contributed by atoms with E-state index in [4.69, 9.17) is 18.9 Å². The maximum Gasteiger partial charge on any atom is 0.430 e. The quantitative estimate of drug-likeness (QED) is 0.319. The van der Waals surface area contributed by atoms with Crippen LogP contribution >= 0.6 is 0 Å². The number of hydrogen-bond donors (Lipinski definition) is 1. The normalized spacial score (nSPS) is 13.5. The lowest BCUT2D eigenvalue weighted by Gasteiger charge is -2.33. The highest BCUT2D eigenvalue weighted by Crippen LogP contribution is 2.50. The lowest BCUT2D eigenvalue weighted by Crippen LogP contribution is -2.54. The van der Waals surface area contributed by atoms with Crippen molar-refractivity contribution in [2.24, 2.45) is 0 Å². The van der Waals surface area contributed by atoms with Crippen molar-refractivity contribution in [2.75, 3.05) is 21.0 Å². The summed E-state index contributed by atoms with van der Waals surface area (Å²) in [6, 6.07) is 10.5. The van der Waals surface area contributed by atoms with E-state index in [-0.39, 0.29) is 47.1 Å². The third-order valence-corrected chi connectivity index (χ3v) is 6.58. The van der Waals surface area contributed by atoms with Gasteiger partial charge < -0.3 is 24.1 Å². The summed E-state index contributed by atoms with van der Waals surface area (Å²) in [5, 5.41) is 9.93. The lowest BCUT2D eigenvalue weighted by molar-refractivity contribution is -0.376. The Morgan fingerprint density at radius 2 is 1.56 bits per heavy atom. The summed E-state index contributed by atoms with van der Waals surface area (Å²) in [7, 11) is 2.69. The molecule has 41 heavy (non-hydrogen) atoms. The zero-order chi connectivity index (χ0) is 29.7. The van der Waals surface area contributed by atoms with Crippen molar-refractivity contribution in [1.82, 2.24) is 9.55 Å². The molecule has 3 aromatic carbocycles. The molecular weight excluding hydrogens is 562 g/mol. The molecule has 0 unspecified atom stereocenters. The Morgan fingerprint density at radius 3 is 2.22 bits per heavy atom. The predicted molar refractivity (Wildman–Crippen MR) is 132 cm³/mol. The van der Waals surface area contributed by atoms with Gasteiger partial charge in [-0.2, -0.15) is 26.3 Å². The summed E-state index contributed by atoms with van der Waals surface area (Å²) in [6.45, 7) is -0.00649. The molecule has 0 saturated carbocycles. The van der Waals surface area contributed by atoms with Crippen molar-refractivity contribution in [1.29, 1.82) is 0 Å². The number of halogens is 6. The minimum Gasteiger partial charge on any atom is -0.493 e. The highest BCUT2D eigenvalue weighted by molar-refractivity contribution is 5.82. The molecule has 1 aliphatic rings. The molecule has 0 fully saturated rings. The smallest absolute Gasteiger partial charge is 0.430 e.